The third-order valence-corrected chi connectivity index (χ3v) is 11.1. The number of carbonyl (C=O) groups excluding carboxylic acids is 1. The standard InChI is InChI=1S/C29H39NO/c1-30-29(31)28-26(24-12-17-3-6-20(24)9-17)14-22(23-11-16-2-5-19(23)8-16)15-27(28)25-13-18-4-7-21(25)10-18/h14-21,23-25H,2-13H2,1H3,(H,30,31). The monoisotopic (exact) mass is 417 g/mol. The Labute approximate surface area is 188 Å². The minimum absolute atomic E-state index is 0.204. The number of benzene rings is 1. The molecule has 6 aliphatic carbocycles. The Kier molecular flexibility index (Phi) is 4.39. The van der Waals surface area contributed by atoms with Gasteiger partial charge in [-0.25, -0.2) is 0 Å². The molecule has 6 bridgehead atoms. The average Bonchev–Trinajstić information content (AvgIpc) is 3.64. The van der Waals surface area contributed by atoms with Gasteiger partial charge in [-0.1, -0.05) is 31.4 Å². The van der Waals surface area contributed by atoms with E-state index in [-0.39, 0.29) is 5.91 Å². The van der Waals surface area contributed by atoms with Crippen LogP contribution in [0.25, 0.3) is 0 Å². The molecule has 2 nitrogen and oxygen atoms in total. The van der Waals surface area contributed by atoms with Crippen molar-refractivity contribution in [2.24, 2.45) is 35.5 Å². The zero-order valence-corrected chi connectivity index (χ0v) is 19.2. The zero-order valence-electron chi connectivity index (χ0n) is 19.2. The fraction of sp³-hybridized carbons (Fsp3) is 0.759. The highest BCUT2D eigenvalue weighted by Gasteiger charge is 2.46. The highest BCUT2D eigenvalue weighted by Crippen LogP contribution is 2.59. The second kappa shape index (κ2) is 7.09. The quantitative estimate of drug-likeness (QED) is 0.576. The predicted molar refractivity (Wildman–Crippen MR) is 124 cm³/mol. The van der Waals surface area contributed by atoms with E-state index in [0.29, 0.717) is 11.8 Å². The van der Waals surface area contributed by atoms with Gasteiger partial charge in [0.2, 0.25) is 0 Å². The van der Waals surface area contributed by atoms with Gasteiger partial charge in [-0.05, 0) is 128 Å². The molecule has 2 heteroatoms. The van der Waals surface area contributed by atoms with Gasteiger partial charge in [0.1, 0.15) is 0 Å². The summed E-state index contributed by atoms with van der Waals surface area (Å²) in [5.74, 6) is 7.65. The van der Waals surface area contributed by atoms with Crippen LogP contribution in [0.5, 0.6) is 0 Å². The molecule has 7 rings (SSSR count). The number of hydrogen-bond acceptors (Lipinski definition) is 1. The van der Waals surface area contributed by atoms with Gasteiger partial charge in [0, 0.05) is 12.6 Å². The first-order valence-electron chi connectivity index (χ1n) is 13.6. The van der Waals surface area contributed by atoms with Crippen molar-refractivity contribution < 1.29 is 4.79 Å². The summed E-state index contributed by atoms with van der Waals surface area (Å²) in [6.45, 7) is 0. The summed E-state index contributed by atoms with van der Waals surface area (Å²) in [5.41, 5.74) is 5.72. The maximum Gasteiger partial charge on any atom is 0.251 e. The van der Waals surface area contributed by atoms with Crippen molar-refractivity contribution in [2.45, 2.75) is 94.8 Å². The molecule has 0 spiro atoms. The summed E-state index contributed by atoms with van der Waals surface area (Å²) in [4.78, 5) is 13.4. The lowest BCUT2D eigenvalue weighted by Gasteiger charge is -2.32. The van der Waals surface area contributed by atoms with E-state index in [4.69, 9.17) is 0 Å². The molecular formula is C29H39NO. The molecule has 9 atom stereocenters. The summed E-state index contributed by atoms with van der Waals surface area (Å²) in [6, 6.07) is 5.16. The largest absolute Gasteiger partial charge is 0.355 e. The lowest BCUT2D eigenvalue weighted by molar-refractivity contribution is 0.0959. The van der Waals surface area contributed by atoms with Crippen LogP contribution in [-0.2, 0) is 0 Å². The van der Waals surface area contributed by atoms with Crippen LogP contribution in [0.3, 0.4) is 0 Å². The smallest absolute Gasteiger partial charge is 0.251 e. The van der Waals surface area contributed by atoms with Crippen LogP contribution < -0.4 is 5.32 Å². The maximum atomic E-state index is 13.4. The van der Waals surface area contributed by atoms with E-state index in [1.807, 2.05) is 7.05 Å². The number of nitrogens with one attached hydrogen (secondary N) is 1. The van der Waals surface area contributed by atoms with E-state index in [0.717, 1.165) is 47.0 Å². The lowest BCUT2D eigenvalue weighted by Crippen LogP contribution is -2.26. The van der Waals surface area contributed by atoms with Crippen LogP contribution in [0.4, 0.5) is 0 Å². The summed E-state index contributed by atoms with van der Waals surface area (Å²) < 4.78 is 0. The third-order valence-electron chi connectivity index (χ3n) is 11.1. The highest BCUT2D eigenvalue weighted by atomic mass is 16.1. The molecule has 6 fully saturated rings. The molecule has 1 N–H and O–H groups in total. The number of amides is 1. The van der Waals surface area contributed by atoms with Gasteiger partial charge in [0.25, 0.3) is 5.91 Å². The number of fused-ring (bicyclic) bond motifs is 6. The van der Waals surface area contributed by atoms with Gasteiger partial charge >= 0.3 is 0 Å². The van der Waals surface area contributed by atoms with Crippen molar-refractivity contribution >= 4 is 5.91 Å². The second-order valence-electron chi connectivity index (χ2n) is 12.5. The van der Waals surface area contributed by atoms with Crippen molar-refractivity contribution in [3.8, 4) is 0 Å². The Bertz CT molecular complexity index is 855. The van der Waals surface area contributed by atoms with Crippen LogP contribution in [0.2, 0.25) is 0 Å². The van der Waals surface area contributed by atoms with E-state index in [9.17, 15) is 4.79 Å². The number of hydrogen-bond donors (Lipinski definition) is 1. The first-order valence-corrected chi connectivity index (χ1v) is 13.6. The first-order chi connectivity index (χ1) is 15.2. The van der Waals surface area contributed by atoms with Crippen molar-refractivity contribution in [3.05, 3.63) is 34.4 Å². The SMILES string of the molecule is CNC(=O)c1c(C2CC3CCC2C3)cc(C2CC3CCC2C3)cc1C1CC2CCC1C2. The van der Waals surface area contributed by atoms with Gasteiger partial charge in [0.05, 0.1) is 0 Å². The van der Waals surface area contributed by atoms with Crippen molar-refractivity contribution in [1.82, 2.24) is 5.32 Å². The van der Waals surface area contributed by atoms with E-state index < -0.39 is 0 Å². The summed E-state index contributed by atoms with van der Waals surface area (Å²) in [5, 5.41) is 3.07. The molecule has 0 aliphatic heterocycles. The molecular weight excluding hydrogens is 378 g/mol. The Balaban J connectivity index is 1.38. The van der Waals surface area contributed by atoms with Gasteiger partial charge in [0.15, 0.2) is 0 Å². The second-order valence-corrected chi connectivity index (χ2v) is 12.5. The van der Waals surface area contributed by atoms with E-state index in [1.54, 1.807) is 5.56 Å². The van der Waals surface area contributed by atoms with Crippen LogP contribution in [0.1, 0.15) is 122 Å². The fourth-order valence-electron chi connectivity index (χ4n) is 9.80. The summed E-state index contributed by atoms with van der Waals surface area (Å²) in [7, 11) is 1.85. The summed E-state index contributed by atoms with van der Waals surface area (Å²) >= 11 is 0. The lowest BCUT2D eigenvalue weighted by atomic mass is 9.72. The van der Waals surface area contributed by atoms with Crippen LogP contribution in [0.15, 0.2) is 12.1 Å². The molecule has 1 aromatic carbocycles. The minimum Gasteiger partial charge on any atom is -0.355 e. The molecule has 9 unspecified atom stereocenters. The molecule has 0 saturated heterocycles. The maximum absolute atomic E-state index is 13.4. The van der Waals surface area contributed by atoms with Crippen LogP contribution in [0, 0.1) is 35.5 Å². The van der Waals surface area contributed by atoms with Gasteiger partial charge in [-0.15, -0.1) is 0 Å². The third kappa shape index (κ3) is 2.92. The normalized spacial score (nSPS) is 44.5. The molecule has 166 valence electrons. The zero-order chi connectivity index (χ0) is 20.7. The molecule has 1 aromatic rings. The Hall–Kier alpha value is -1.31. The highest BCUT2D eigenvalue weighted by molar-refractivity contribution is 5.97. The van der Waals surface area contributed by atoms with Gasteiger partial charge in [-0.2, -0.15) is 0 Å². The van der Waals surface area contributed by atoms with Crippen LogP contribution in [-0.4, -0.2) is 13.0 Å². The fourth-order valence-corrected chi connectivity index (χ4v) is 9.80. The molecule has 0 heterocycles. The summed E-state index contributed by atoms with van der Waals surface area (Å²) in [6.07, 6.45) is 17.0. The predicted octanol–water partition coefficient (Wildman–Crippen LogP) is 6.76. The number of carbonyl (C=O) groups is 1. The van der Waals surface area contributed by atoms with E-state index >= 15 is 0 Å². The van der Waals surface area contributed by atoms with Gasteiger partial charge < -0.3 is 5.32 Å². The van der Waals surface area contributed by atoms with Crippen molar-refractivity contribution in [3.63, 3.8) is 0 Å². The molecule has 6 aliphatic rings. The average molecular weight is 418 g/mol. The Morgan fingerprint density at radius 3 is 1.48 bits per heavy atom. The van der Waals surface area contributed by atoms with Crippen LogP contribution >= 0.6 is 0 Å². The van der Waals surface area contributed by atoms with Crippen molar-refractivity contribution in [2.75, 3.05) is 7.05 Å². The van der Waals surface area contributed by atoms with Crippen molar-refractivity contribution in [1.29, 1.82) is 0 Å². The van der Waals surface area contributed by atoms with E-state index in [1.165, 1.54) is 88.2 Å². The Morgan fingerprint density at radius 2 is 1.13 bits per heavy atom. The molecule has 31 heavy (non-hydrogen) atoms. The van der Waals surface area contributed by atoms with Gasteiger partial charge in [-0.3, -0.25) is 4.79 Å². The van der Waals surface area contributed by atoms with E-state index in [2.05, 4.69) is 17.4 Å². The molecule has 6 saturated carbocycles. The topological polar surface area (TPSA) is 29.1 Å². The molecule has 0 aromatic heterocycles. The molecule has 1 amide bonds. The molecule has 0 radical (unpaired) electrons. The number of rotatable bonds is 4. The Morgan fingerprint density at radius 1 is 0.677 bits per heavy atom. The first kappa shape index (κ1) is 19.2. The minimum atomic E-state index is 0.204.